The number of aryl methyl sites for hydroxylation is 1. The average molecular weight is 263 g/mol. The Morgan fingerprint density at radius 1 is 1.20 bits per heavy atom. The second-order valence-electron chi connectivity index (χ2n) is 4.80. The van der Waals surface area contributed by atoms with Crippen molar-refractivity contribution in [1.82, 2.24) is 19.7 Å². The number of aromatic nitrogens is 4. The van der Waals surface area contributed by atoms with Crippen LogP contribution in [0, 0.1) is 0 Å². The fourth-order valence-electron chi connectivity index (χ4n) is 2.42. The largest absolute Gasteiger partial charge is 0.350 e. The topological polar surface area (TPSA) is 58.5 Å². The van der Waals surface area contributed by atoms with E-state index >= 15 is 0 Å². The van der Waals surface area contributed by atoms with Gasteiger partial charge in [0.15, 0.2) is 5.82 Å². The summed E-state index contributed by atoms with van der Waals surface area (Å²) in [7, 11) is 2.04. The predicted molar refractivity (Wildman–Crippen MR) is 80.1 cm³/mol. The van der Waals surface area contributed by atoms with E-state index in [2.05, 4.69) is 49.5 Å². The summed E-state index contributed by atoms with van der Waals surface area (Å²) in [5, 5.41) is 11.8. The predicted octanol–water partition coefficient (Wildman–Crippen LogP) is 3.19. The van der Waals surface area contributed by atoms with E-state index in [0.717, 1.165) is 22.5 Å². The SMILES string of the molecule is Cn1ccc2ccc(Nc3n[nH]c4cccnc34)cc21. The van der Waals surface area contributed by atoms with Gasteiger partial charge in [-0.1, -0.05) is 6.07 Å². The molecular formula is C15H13N5. The van der Waals surface area contributed by atoms with Crippen molar-refractivity contribution >= 4 is 33.4 Å². The Kier molecular flexibility index (Phi) is 2.26. The Morgan fingerprint density at radius 2 is 2.15 bits per heavy atom. The third-order valence-corrected chi connectivity index (χ3v) is 3.47. The van der Waals surface area contributed by atoms with Gasteiger partial charge in [0.05, 0.1) is 5.52 Å². The first-order chi connectivity index (χ1) is 9.81. The Labute approximate surface area is 115 Å². The molecule has 0 unspecified atom stereocenters. The molecule has 4 rings (SSSR count). The summed E-state index contributed by atoms with van der Waals surface area (Å²) in [6, 6.07) is 12.2. The molecular weight excluding hydrogens is 250 g/mol. The number of hydrogen-bond donors (Lipinski definition) is 2. The summed E-state index contributed by atoms with van der Waals surface area (Å²) in [6.07, 6.45) is 3.82. The first-order valence-corrected chi connectivity index (χ1v) is 6.42. The highest BCUT2D eigenvalue weighted by molar-refractivity contribution is 5.89. The van der Waals surface area contributed by atoms with Gasteiger partial charge in [-0.15, -0.1) is 0 Å². The summed E-state index contributed by atoms with van der Waals surface area (Å²) >= 11 is 0. The molecule has 0 bridgehead atoms. The van der Waals surface area contributed by atoms with E-state index in [4.69, 9.17) is 0 Å². The monoisotopic (exact) mass is 263 g/mol. The number of hydrogen-bond acceptors (Lipinski definition) is 3. The molecule has 0 atom stereocenters. The van der Waals surface area contributed by atoms with Gasteiger partial charge in [0.1, 0.15) is 5.52 Å². The zero-order valence-electron chi connectivity index (χ0n) is 11.0. The Hall–Kier alpha value is -2.82. The normalized spacial score (nSPS) is 11.2. The summed E-state index contributed by atoms with van der Waals surface area (Å²) in [6.45, 7) is 0. The van der Waals surface area contributed by atoms with Gasteiger partial charge in [0.25, 0.3) is 0 Å². The lowest BCUT2D eigenvalue weighted by Crippen LogP contribution is -1.93. The maximum Gasteiger partial charge on any atom is 0.178 e. The van der Waals surface area contributed by atoms with Gasteiger partial charge < -0.3 is 9.88 Å². The highest BCUT2D eigenvalue weighted by atomic mass is 15.2. The van der Waals surface area contributed by atoms with Crippen molar-refractivity contribution in [3.63, 3.8) is 0 Å². The van der Waals surface area contributed by atoms with Gasteiger partial charge in [-0.25, -0.2) is 0 Å². The smallest absolute Gasteiger partial charge is 0.178 e. The Morgan fingerprint density at radius 3 is 3.10 bits per heavy atom. The van der Waals surface area contributed by atoms with E-state index < -0.39 is 0 Å². The highest BCUT2D eigenvalue weighted by Crippen LogP contribution is 2.25. The van der Waals surface area contributed by atoms with Crippen LogP contribution in [0.4, 0.5) is 11.5 Å². The molecule has 0 radical (unpaired) electrons. The number of pyridine rings is 1. The first kappa shape index (κ1) is 11.0. The lowest BCUT2D eigenvalue weighted by Gasteiger charge is -2.04. The number of H-pyrrole nitrogens is 1. The standard InChI is InChI=1S/C15H13N5/c1-20-8-6-10-4-5-11(9-13(10)20)17-15-14-12(18-19-15)3-2-7-16-14/h2-9H,1H3,(H2,17,18,19). The fourth-order valence-corrected chi connectivity index (χ4v) is 2.42. The third-order valence-electron chi connectivity index (χ3n) is 3.47. The number of anilines is 2. The number of aromatic amines is 1. The molecule has 1 aromatic carbocycles. The van der Waals surface area contributed by atoms with E-state index in [1.807, 2.05) is 25.2 Å². The third kappa shape index (κ3) is 1.64. The van der Waals surface area contributed by atoms with E-state index in [1.165, 1.54) is 10.9 Å². The molecule has 98 valence electrons. The van der Waals surface area contributed by atoms with Crippen molar-refractivity contribution in [2.45, 2.75) is 0 Å². The number of fused-ring (bicyclic) bond motifs is 2. The molecule has 2 N–H and O–H groups in total. The lowest BCUT2D eigenvalue weighted by atomic mass is 10.2. The average Bonchev–Trinajstić information content (AvgIpc) is 3.05. The van der Waals surface area contributed by atoms with Gasteiger partial charge in [-0.05, 0) is 35.7 Å². The minimum absolute atomic E-state index is 0.745. The maximum absolute atomic E-state index is 4.35. The molecule has 0 aliphatic heterocycles. The number of rotatable bonds is 2. The number of nitrogens with zero attached hydrogens (tertiary/aromatic N) is 3. The maximum atomic E-state index is 4.35. The van der Waals surface area contributed by atoms with Crippen molar-refractivity contribution < 1.29 is 0 Å². The van der Waals surface area contributed by atoms with E-state index in [0.29, 0.717) is 0 Å². The highest BCUT2D eigenvalue weighted by Gasteiger charge is 2.07. The zero-order chi connectivity index (χ0) is 13.5. The van der Waals surface area contributed by atoms with Crippen molar-refractivity contribution in [1.29, 1.82) is 0 Å². The van der Waals surface area contributed by atoms with Crippen molar-refractivity contribution in [3.8, 4) is 0 Å². The van der Waals surface area contributed by atoms with E-state index in [9.17, 15) is 0 Å². The molecule has 4 aromatic rings. The summed E-state index contributed by atoms with van der Waals surface area (Å²) in [5.74, 6) is 0.745. The summed E-state index contributed by atoms with van der Waals surface area (Å²) < 4.78 is 2.10. The molecule has 0 spiro atoms. The van der Waals surface area contributed by atoms with Crippen molar-refractivity contribution in [2.24, 2.45) is 7.05 Å². The Balaban J connectivity index is 1.78. The first-order valence-electron chi connectivity index (χ1n) is 6.42. The van der Waals surface area contributed by atoms with Crippen LogP contribution in [0.1, 0.15) is 0 Å². The van der Waals surface area contributed by atoms with E-state index in [-0.39, 0.29) is 0 Å². The van der Waals surface area contributed by atoms with Gasteiger partial charge in [-0.2, -0.15) is 5.10 Å². The minimum Gasteiger partial charge on any atom is -0.350 e. The van der Waals surface area contributed by atoms with Crippen LogP contribution in [-0.2, 0) is 7.05 Å². The molecule has 0 amide bonds. The van der Waals surface area contributed by atoms with Crippen LogP contribution in [0.25, 0.3) is 21.9 Å². The second kappa shape index (κ2) is 4.09. The van der Waals surface area contributed by atoms with Crippen molar-refractivity contribution in [3.05, 3.63) is 48.8 Å². The lowest BCUT2D eigenvalue weighted by molar-refractivity contribution is 0.969. The number of benzene rings is 1. The molecule has 0 aliphatic rings. The van der Waals surface area contributed by atoms with Gasteiger partial charge in [0.2, 0.25) is 0 Å². The van der Waals surface area contributed by atoms with Crippen LogP contribution >= 0.6 is 0 Å². The molecule has 0 fully saturated rings. The van der Waals surface area contributed by atoms with Crippen molar-refractivity contribution in [2.75, 3.05) is 5.32 Å². The van der Waals surface area contributed by atoms with Crippen LogP contribution in [-0.4, -0.2) is 19.7 Å². The molecule has 20 heavy (non-hydrogen) atoms. The summed E-state index contributed by atoms with van der Waals surface area (Å²) in [4.78, 5) is 4.35. The van der Waals surface area contributed by atoms with E-state index in [1.54, 1.807) is 6.20 Å². The van der Waals surface area contributed by atoms with Gasteiger partial charge >= 0.3 is 0 Å². The van der Waals surface area contributed by atoms with Crippen LogP contribution < -0.4 is 5.32 Å². The van der Waals surface area contributed by atoms with Crippen LogP contribution in [0.5, 0.6) is 0 Å². The second-order valence-corrected chi connectivity index (χ2v) is 4.80. The van der Waals surface area contributed by atoms with Crippen LogP contribution in [0.15, 0.2) is 48.8 Å². The Bertz CT molecular complexity index is 903. The molecule has 0 saturated heterocycles. The minimum atomic E-state index is 0.745. The molecule has 5 heteroatoms. The van der Waals surface area contributed by atoms with Crippen LogP contribution in [0.2, 0.25) is 0 Å². The number of nitrogens with one attached hydrogen (secondary N) is 2. The quantitative estimate of drug-likeness (QED) is 0.584. The van der Waals surface area contributed by atoms with Gasteiger partial charge in [0, 0.05) is 30.6 Å². The molecule has 5 nitrogen and oxygen atoms in total. The molecule has 0 saturated carbocycles. The molecule has 0 aliphatic carbocycles. The molecule has 3 aromatic heterocycles. The van der Waals surface area contributed by atoms with Crippen LogP contribution in [0.3, 0.4) is 0 Å². The fraction of sp³-hybridized carbons (Fsp3) is 0.0667. The summed E-state index contributed by atoms with van der Waals surface area (Å²) in [5.41, 5.74) is 3.95. The molecule has 3 heterocycles. The zero-order valence-corrected chi connectivity index (χ0v) is 11.0. The van der Waals surface area contributed by atoms with Gasteiger partial charge in [-0.3, -0.25) is 10.1 Å².